The number of hydrogen-bond donors (Lipinski definition) is 2. The van der Waals surface area contributed by atoms with Crippen LogP contribution in [-0.2, 0) is 10.0 Å². The Bertz CT molecular complexity index is 949. The number of amides is 1. The van der Waals surface area contributed by atoms with Gasteiger partial charge < -0.3 is 10.1 Å². The van der Waals surface area contributed by atoms with Gasteiger partial charge in [-0.2, -0.15) is 13.2 Å². The highest BCUT2D eigenvalue weighted by Gasteiger charge is 2.30. The van der Waals surface area contributed by atoms with Crippen molar-refractivity contribution in [1.29, 1.82) is 0 Å². The molecule has 0 unspecified atom stereocenters. The molecule has 0 saturated heterocycles. The van der Waals surface area contributed by atoms with E-state index in [0.717, 1.165) is 12.1 Å². The molecule has 0 aliphatic carbocycles. The Kier molecular flexibility index (Phi) is 6.34. The largest absolute Gasteiger partial charge is 0.495 e. The summed E-state index contributed by atoms with van der Waals surface area (Å²) in [7, 11) is -3.00. The van der Waals surface area contributed by atoms with E-state index in [4.69, 9.17) is 16.3 Å². The van der Waals surface area contributed by atoms with Gasteiger partial charge in [0.05, 0.1) is 17.0 Å². The van der Waals surface area contributed by atoms with Crippen LogP contribution in [0.1, 0.15) is 10.4 Å². The zero-order valence-corrected chi connectivity index (χ0v) is 15.4. The van der Waals surface area contributed by atoms with Crippen LogP contribution in [0.25, 0.3) is 0 Å². The van der Waals surface area contributed by atoms with Crippen molar-refractivity contribution in [3.05, 3.63) is 53.1 Å². The molecule has 0 spiro atoms. The number of carbonyl (C=O) groups is 1. The molecular weight excluding hydrogens is 409 g/mol. The molecule has 0 aliphatic heterocycles. The lowest BCUT2D eigenvalue weighted by atomic mass is 10.2. The number of sulfonamides is 1. The van der Waals surface area contributed by atoms with Crippen molar-refractivity contribution in [3.63, 3.8) is 0 Å². The molecule has 0 radical (unpaired) electrons. The smallest absolute Gasteiger partial charge is 0.402 e. The summed E-state index contributed by atoms with van der Waals surface area (Å²) < 4.78 is 67.0. The second-order valence-corrected chi connectivity index (χ2v) is 7.45. The van der Waals surface area contributed by atoms with E-state index in [0.29, 0.717) is 11.4 Å². The lowest BCUT2D eigenvalue weighted by molar-refractivity contribution is -0.121. The number of hydrogen-bond acceptors (Lipinski definition) is 4. The van der Waals surface area contributed by atoms with Crippen LogP contribution < -0.4 is 14.8 Å². The molecule has 1 amide bonds. The number of nitrogens with one attached hydrogen (secondary N) is 2. The maximum atomic E-state index is 12.3. The van der Waals surface area contributed by atoms with Gasteiger partial charge in [0.1, 0.15) is 12.3 Å². The monoisotopic (exact) mass is 422 g/mol. The van der Waals surface area contributed by atoms with Crippen LogP contribution in [0.3, 0.4) is 0 Å². The van der Waals surface area contributed by atoms with Gasteiger partial charge in [0.2, 0.25) is 10.0 Å². The topological polar surface area (TPSA) is 84.5 Å². The first kappa shape index (κ1) is 21.0. The SMILES string of the molecule is COc1ccc(NC(=O)c2cccc(S(=O)(=O)NCC(F)(F)F)c2)cc1Cl. The standard InChI is InChI=1S/C16H14ClF3N2O4S/c1-26-14-6-5-11(8-13(14)17)22-15(23)10-3-2-4-12(7-10)27(24,25)21-9-16(18,19)20/h2-8,21H,9H2,1H3,(H,22,23). The third kappa shape index (κ3) is 5.84. The Morgan fingerprint density at radius 3 is 2.48 bits per heavy atom. The van der Waals surface area contributed by atoms with Gasteiger partial charge in [0.15, 0.2) is 0 Å². The Labute approximate surface area is 158 Å². The summed E-state index contributed by atoms with van der Waals surface area (Å²) in [5.41, 5.74) is 0.270. The summed E-state index contributed by atoms with van der Waals surface area (Å²) >= 11 is 5.96. The van der Waals surface area contributed by atoms with E-state index in [-0.39, 0.29) is 10.6 Å². The number of methoxy groups -OCH3 is 1. The van der Waals surface area contributed by atoms with Crippen LogP contribution in [0.5, 0.6) is 5.75 Å². The first-order valence-electron chi connectivity index (χ1n) is 7.33. The van der Waals surface area contributed by atoms with E-state index in [1.54, 1.807) is 0 Å². The fraction of sp³-hybridized carbons (Fsp3) is 0.188. The van der Waals surface area contributed by atoms with Gasteiger partial charge in [-0.3, -0.25) is 4.79 Å². The van der Waals surface area contributed by atoms with E-state index in [9.17, 15) is 26.4 Å². The van der Waals surface area contributed by atoms with Crippen molar-refractivity contribution >= 4 is 33.2 Å². The van der Waals surface area contributed by atoms with Crippen LogP contribution in [0.15, 0.2) is 47.4 Å². The minimum atomic E-state index is -4.70. The molecule has 0 atom stereocenters. The number of anilines is 1. The van der Waals surface area contributed by atoms with Crippen LogP contribution in [0.4, 0.5) is 18.9 Å². The highest BCUT2D eigenvalue weighted by Crippen LogP contribution is 2.27. The molecule has 2 aromatic rings. The Hall–Kier alpha value is -2.30. The van der Waals surface area contributed by atoms with Crippen molar-refractivity contribution in [3.8, 4) is 5.75 Å². The fourth-order valence-electron chi connectivity index (χ4n) is 2.01. The first-order chi connectivity index (χ1) is 12.5. The molecule has 0 heterocycles. The fourth-order valence-corrected chi connectivity index (χ4v) is 3.33. The normalized spacial score (nSPS) is 11.9. The van der Waals surface area contributed by atoms with Gasteiger partial charge in [0.25, 0.3) is 5.91 Å². The zero-order chi connectivity index (χ0) is 20.2. The quantitative estimate of drug-likeness (QED) is 0.746. The van der Waals surface area contributed by atoms with Gasteiger partial charge in [0, 0.05) is 11.3 Å². The lowest BCUT2D eigenvalue weighted by Gasteiger charge is -2.11. The molecule has 2 rings (SSSR count). The minimum Gasteiger partial charge on any atom is -0.495 e. The molecule has 2 aromatic carbocycles. The second kappa shape index (κ2) is 8.15. The molecule has 146 valence electrons. The summed E-state index contributed by atoms with van der Waals surface area (Å²) in [6, 6.07) is 9.11. The number of alkyl halides is 3. The molecule has 6 nitrogen and oxygen atoms in total. The second-order valence-electron chi connectivity index (χ2n) is 5.27. The minimum absolute atomic E-state index is 0.0585. The molecule has 0 aliphatic rings. The molecule has 0 saturated carbocycles. The molecule has 0 bridgehead atoms. The summed E-state index contributed by atoms with van der Waals surface area (Å²) in [6.45, 7) is -1.71. The van der Waals surface area contributed by atoms with Gasteiger partial charge in [-0.1, -0.05) is 17.7 Å². The van der Waals surface area contributed by atoms with Crippen LogP contribution in [0.2, 0.25) is 5.02 Å². The number of carbonyl (C=O) groups excluding carboxylic acids is 1. The van der Waals surface area contributed by atoms with E-state index in [1.807, 2.05) is 0 Å². The molecule has 0 aromatic heterocycles. The summed E-state index contributed by atoms with van der Waals surface area (Å²) in [4.78, 5) is 11.8. The number of halogens is 4. The van der Waals surface area contributed by atoms with Crippen LogP contribution >= 0.6 is 11.6 Å². The van der Waals surface area contributed by atoms with Crippen molar-refractivity contribution in [2.45, 2.75) is 11.1 Å². The van der Waals surface area contributed by atoms with E-state index < -0.39 is 33.5 Å². The predicted octanol–water partition coefficient (Wildman–Crippen LogP) is 3.44. The van der Waals surface area contributed by atoms with Crippen molar-refractivity contribution < 1.29 is 31.1 Å². The maximum Gasteiger partial charge on any atom is 0.402 e. The summed E-state index contributed by atoms with van der Waals surface area (Å²) in [6.07, 6.45) is -4.70. The highest BCUT2D eigenvalue weighted by atomic mass is 35.5. The predicted molar refractivity (Wildman–Crippen MR) is 93.6 cm³/mol. The average Bonchev–Trinajstić information content (AvgIpc) is 2.60. The van der Waals surface area contributed by atoms with Gasteiger partial charge in [-0.15, -0.1) is 0 Å². The van der Waals surface area contributed by atoms with Crippen molar-refractivity contribution in [2.75, 3.05) is 19.0 Å². The van der Waals surface area contributed by atoms with Crippen LogP contribution in [-0.4, -0.2) is 34.2 Å². The third-order valence-electron chi connectivity index (χ3n) is 3.28. The van der Waals surface area contributed by atoms with Gasteiger partial charge >= 0.3 is 6.18 Å². The molecular formula is C16H14ClF3N2O4S. The van der Waals surface area contributed by atoms with E-state index >= 15 is 0 Å². The summed E-state index contributed by atoms with van der Waals surface area (Å²) in [5, 5.41) is 2.76. The third-order valence-corrected chi connectivity index (χ3v) is 4.97. The highest BCUT2D eigenvalue weighted by molar-refractivity contribution is 7.89. The summed E-state index contributed by atoms with van der Waals surface area (Å²) in [5.74, 6) is -0.261. The maximum absolute atomic E-state index is 12.3. The molecule has 11 heteroatoms. The zero-order valence-electron chi connectivity index (χ0n) is 13.8. The Morgan fingerprint density at radius 2 is 1.89 bits per heavy atom. The number of rotatable bonds is 6. The van der Waals surface area contributed by atoms with Crippen molar-refractivity contribution in [2.24, 2.45) is 0 Å². The average molecular weight is 423 g/mol. The van der Waals surface area contributed by atoms with Crippen LogP contribution in [0, 0.1) is 0 Å². The van der Waals surface area contributed by atoms with Crippen molar-refractivity contribution in [1.82, 2.24) is 4.72 Å². The molecule has 0 fully saturated rings. The Balaban J connectivity index is 2.19. The van der Waals surface area contributed by atoms with E-state index in [1.165, 1.54) is 42.2 Å². The number of ether oxygens (including phenoxy) is 1. The van der Waals surface area contributed by atoms with Gasteiger partial charge in [-0.05, 0) is 36.4 Å². The number of benzene rings is 2. The lowest BCUT2D eigenvalue weighted by Crippen LogP contribution is -2.33. The first-order valence-corrected chi connectivity index (χ1v) is 9.19. The molecule has 2 N–H and O–H groups in total. The Morgan fingerprint density at radius 1 is 1.19 bits per heavy atom. The molecule has 27 heavy (non-hydrogen) atoms. The van der Waals surface area contributed by atoms with Gasteiger partial charge in [-0.25, -0.2) is 13.1 Å². The van der Waals surface area contributed by atoms with E-state index in [2.05, 4.69) is 5.32 Å².